The van der Waals surface area contributed by atoms with E-state index in [4.69, 9.17) is 0 Å². The molecule has 0 spiro atoms. The van der Waals surface area contributed by atoms with Crippen LogP contribution in [0.5, 0.6) is 0 Å². The van der Waals surface area contributed by atoms with Gasteiger partial charge in [0.1, 0.15) is 0 Å². The van der Waals surface area contributed by atoms with Crippen molar-refractivity contribution in [2.24, 2.45) is 0 Å². The Balaban J connectivity index is -0.000000135. The van der Waals surface area contributed by atoms with Gasteiger partial charge in [0.15, 0.2) is 0 Å². The molecule has 0 rings (SSSR count). The van der Waals surface area contributed by atoms with Crippen LogP contribution >= 0.6 is 24.4 Å². The van der Waals surface area contributed by atoms with Crippen molar-refractivity contribution < 1.29 is 64.6 Å². The summed E-state index contributed by atoms with van der Waals surface area (Å²) in [5, 5.41) is 5.56. The van der Waals surface area contributed by atoms with Gasteiger partial charge in [-0.05, 0) is 0 Å². The maximum Gasteiger partial charge on any atom is 1.00 e. The van der Waals surface area contributed by atoms with Crippen molar-refractivity contribution in [2.75, 3.05) is 13.1 Å². The van der Waals surface area contributed by atoms with E-state index in [1.54, 1.807) is 0 Å². The monoisotopic (exact) mass is 274 g/mol. The number of nitrogens with one attached hydrogen (secondary N) is 2. The fourth-order valence-corrected chi connectivity index (χ4v) is 0.737. The van der Waals surface area contributed by atoms with E-state index in [2.05, 4.69) is 60.3 Å². The molecule has 0 fully saturated rings. The van der Waals surface area contributed by atoms with E-state index in [0.717, 1.165) is 0 Å². The first-order valence-corrected chi connectivity index (χ1v) is 4.16. The summed E-state index contributed by atoms with van der Waals surface area (Å²) in [5.74, 6) is 0. The zero-order valence-corrected chi connectivity index (χ0v) is 14.8. The molecule has 0 heterocycles. The van der Waals surface area contributed by atoms with Crippen molar-refractivity contribution in [2.45, 2.75) is 0 Å². The molecule has 0 radical (unpaired) electrons. The molecule has 13 heavy (non-hydrogen) atoms. The first-order chi connectivity index (χ1) is 4.63. The maximum atomic E-state index is 4.59. The summed E-state index contributed by atoms with van der Waals surface area (Å²) < 4.78 is 0.745. The molecular formula is C4H8N2Na2OS4. The second-order valence-electron chi connectivity index (χ2n) is 1.43. The smallest absolute Gasteiger partial charge is 0.412 e. The van der Waals surface area contributed by atoms with Crippen LogP contribution in [0.4, 0.5) is 0 Å². The average Bonchev–Trinajstić information content (AvgIpc) is 1.79. The molecule has 0 aliphatic carbocycles. The van der Waals surface area contributed by atoms with Gasteiger partial charge in [-0.15, -0.1) is 0 Å². The van der Waals surface area contributed by atoms with E-state index < -0.39 is 0 Å². The minimum absolute atomic E-state index is 0. The van der Waals surface area contributed by atoms with Crippen LogP contribution in [0.2, 0.25) is 0 Å². The third-order valence-electron chi connectivity index (χ3n) is 0.664. The Morgan fingerprint density at radius 1 is 0.923 bits per heavy atom. The van der Waals surface area contributed by atoms with E-state index in [-0.39, 0.29) is 64.6 Å². The van der Waals surface area contributed by atoms with Crippen LogP contribution in [0.3, 0.4) is 0 Å². The van der Waals surface area contributed by atoms with Crippen LogP contribution in [-0.2, 0) is 25.3 Å². The van der Waals surface area contributed by atoms with Gasteiger partial charge in [-0.3, -0.25) is 0 Å². The second kappa shape index (κ2) is 16.6. The quantitative estimate of drug-likeness (QED) is 0.231. The topological polar surface area (TPSA) is 55.6 Å². The molecule has 0 aliphatic rings. The van der Waals surface area contributed by atoms with Crippen molar-refractivity contribution in [3.05, 3.63) is 0 Å². The van der Waals surface area contributed by atoms with Crippen LogP contribution in [0.1, 0.15) is 0 Å². The molecule has 0 unspecified atom stereocenters. The Bertz CT molecular complexity index is 132. The molecule has 0 saturated heterocycles. The minimum atomic E-state index is 0. The van der Waals surface area contributed by atoms with Crippen LogP contribution in [0.15, 0.2) is 0 Å². The predicted molar refractivity (Wildman–Crippen MR) is 59.5 cm³/mol. The van der Waals surface area contributed by atoms with Crippen LogP contribution < -0.4 is 69.7 Å². The molecule has 0 aromatic heterocycles. The molecule has 0 aliphatic heterocycles. The summed E-state index contributed by atoms with van der Waals surface area (Å²) in [6.45, 7) is 1.33. The number of hydrogen-bond acceptors (Lipinski definition) is 4. The van der Waals surface area contributed by atoms with Gasteiger partial charge in [-0.1, -0.05) is 8.64 Å². The molecule has 3 nitrogen and oxygen atoms in total. The summed E-state index contributed by atoms with van der Waals surface area (Å²) in [6, 6.07) is 0. The van der Waals surface area contributed by atoms with Crippen molar-refractivity contribution in [3.8, 4) is 0 Å². The third kappa shape index (κ3) is 25.0. The number of thiocarbonyl (C=S) groups is 2. The zero-order valence-electron chi connectivity index (χ0n) is 7.55. The van der Waals surface area contributed by atoms with Gasteiger partial charge in [0.2, 0.25) is 0 Å². The first kappa shape index (κ1) is 24.4. The average molecular weight is 274 g/mol. The van der Waals surface area contributed by atoms with Gasteiger partial charge >= 0.3 is 59.1 Å². The maximum absolute atomic E-state index is 4.59. The molecule has 0 bridgehead atoms. The Morgan fingerprint density at radius 3 is 1.31 bits per heavy atom. The van der Waals surface area contributed by atoms with Crippen LogP contribution in [-0.4, -0.2) is 27.2 Å². The predicted octanol–water partition coefficient (Wildman–Crippen LogP) is -6.99. The molecule has 0 atom stereocenters. The molecule has 0 aromatic rings. The fourth-order valence-electron chi connectivity index (χ4n) is 0.329. The molecule has 0 amide bonds. The molecule has 4 N–H and O–H groups in total. The normalized spacial score (nSPS) is 6.46. The summed E-state index contributed by atoms with van der Waals surface area (Å²) in [6.07, 6.45) is 0. The van der Waals surface area contributed by atoms with Gasteiger partial charge < -0.3 is 65.8 Å². The third-order valence-corrected chi connectivity index (χ3v) is 1.24. The molecular weight excluding hydrogens is 266 g/mol. The summed E-state index contributed by atoms with van der Waals surface area (Å²) in [5.41, 5.74) is 0. The van der Waals surface area contributed by atoms with E-state index in [0.29, 0.717) is 21.7 Å². The number of hydrogen-bond donors (Lipinski definition) is 2. The number of rotatable bonds is 3. The SMILES string of the molecule is O.S=C([S-])NCCNC(=S)[S-].[Na+].[Na+]. The van der Waals surface area contributed by atoms with Crippen molar-refractivity contribution in [3.63, 3.8) is 0 Å². The second-order valence-corrected chi connectivity index (χ2v) is 3.58. The Kier molecular flexibility index (Phi) is 31.2. The van der Waals surface area contributed by atoms with Gasteiger partial charge in [-0.2, -0.15) is 0 Å². The molecule has 9 heteroatoms. The first-order valence-electron chi connectivity index (χ1n) is 2.52. The van der Waals surface area contributed by atoms with Crippen molar-refractivity contribution in [1.29, 1.82) is 0 Å². The Morgan fingerprint density at radius 2 is 1.15 bits per heavy atom. The van der Waals surface area contributed by atoms with E-state index in [1.807, 2.05) is 0 Å². The minimum Gasteiger partial charge on any atom is -0.412 e. The van der Waals surface area contributed by atoms with Crippen LogP contribution in [0, 0.1) is 0 Å². The summed E-state index contributed by atoms with van der Waals surface area (Å²) in [4.78, 5) is 0. The van der Waals surface area contributed by atoms with Gasteiger partial charge in [0.05, 0.1) is 0 Å². The Labute approximate surface area is 144 Å². The van der Waals surface area contributed by atoms with E-state index in [9.17, 15) is 0 Å². The van der Waals surface area contributed by atoms with Gasteiger partial charge in [0, 0.05) is 13.1 Å². The zero-order chi connectivity index (χ0) is 7.98. The van der Waals surface area contributed by atoms with Gasteiger partial charge in [-0.25, -0.2) is 0 Å². The van der Waals surface area contributed by atoms with E-state index >= 15 is 0 Å². The van der Waals surface area contributed by atoms with Gasteiger partial charge in [0.25, 0.3) is 0 Å². The Hall–Kier alpha value is 2.18. The van der Waals surface area contributed by atoms with Crippen molar-refractivity contribution >= 4 is 58.3 Å². The fraction of sp³-hybridized carbons (Fsp3) is 0.500. The largest absolute Gasteiger partial charge is 1.00 e. The molecule has 0 aromatic carbocycles. The summed E-state index contributed by atoms with van der Waals surface area (Å²) >= 11 is 18.4. The summed E-state index contributed by atoms with van der Waals surface area (Å²) in [7, 11) is 0. The van der Waals surface area contributed by atoms with Crippen molar-refractivity contribution in [1.82, 2.24) is 10.6 Å². The van der Waals surface area contributed by atoms with Crippen LogP contribution in [0.25, 0.3) is 0 Å². The molecule has 0 saturated carbocycles. The molecule has 66 valence electrons. The van der Waals surface area contributed by atoms with E-state index in [1.165, 1.54) is 0 Å². The standard InChI is InChI=1S/C4H8N2S4.2Na.H2O/c7-3(8)5-1-2-6-4(9)10;;;/h1-2H2,(H2,5,7,8)(H2,6,9,10);;;1H2/q;2*+1;/p-2.